The number of benzene rings is 2. The Morgan fingerprint density at radius 2 is 1.46 bits per heavy atom. The standard InChI is InChI=1S/C14H7N3O5S.Na/c18-13-7-3-1-2-4-8(7)14(19)10-6-12-11(5-9(10)13)15-16-17(12)23(20,21)22;/h1-6H,(H,20,21,22);/q;+1/p-1. The fourth-order valence-corrected chi connectivity index (χ4v) is 3.17. The zero-order chi connectivity index (χ0) is 16.4. The first-order chi connectivity index (χ1) is 10.9. The van der Waals surface area contributed by atoms with Crippen molar-refractivity contribution in [2.75, 3.05) is 0 Å². The van der Waals surface area contributed by atoms with Gasteiger partial charge in [0, 0.05) is 22.3 Å². The van der Waals surface area contributed by atoms with Crippen molar-refractivity contribution in [1.82, 2.24) is 14.4 Å². The quantitative estimate of drug-likeness (QED) is 0.275. The van der Waals surface area contributed by atoms with Gasteiger partial charge in [-0.15, -0.1) is 9.19 Å². The number of fused-ring (bicyclic) bond motifs is 3. The Morgan fingerprint density at radius 1 is 0.917 bits per heavy atom. The summed E-state index contributed by atoms with van der Waals surface area (Å²) in [6.07, 6.45) is 0. The van der Waals surface area contributed by atoms with E-state index in [-0.39, 0.29) is 72.7 Å². The van der Waals surface area contributed by atoms with E-state index in [1.165, 1.54) is 12.1 Å². The first-order valence-corrected chi connectivity index (χ1v) is 7.79. The van der Waals surface area contributed by atoms with Crippen molar-refractivity contribution in [2.45, 2.75) is 0 Å². The minimum absolute atomic E-state index is 0. The number of aromatic nitrogens is 3. The van der Waals surface area contributed by atoms with Crippen molar-refractivity contribution in [3.05, 3.63) is 58.7 Å². The normalized spacial score (nSPS) is 13.4. The number of carbonyl (C=O) groups is 2. The van der Waals surface area contributed by atoms with E-state index in [0.717, 1.165) is 6.07 Å². The van der Waals surface area contributed by atoms with Crippen LogP contribution in [0.5, 0.6) is 0 Å². The summed E-state index contributed by atoms with van der Waals surface area (Å²) in [6, 6.07) is 8.77. The van der Waals surface area contributed by atoms with Crippen molar-refractivity contribution in [2.24, 2.45) is 0 Å². The van der Waals surface area contributed by atoms with Gasteiger partial charge in [0.05, 0.1) is 0 Å². The van der Waals surface area contributed by atoms with E-state index in [9.17, 15) is 22.6 Å². The van der Waals surface area contributed by atoms with Gasteiger partial charge in [0.25, 0.3) is 0 Å². The molecule has 0 bridgehead atoms. The first kappa shape index (κ1) is 16.9. The Balaban J connectivity index is 0.00000169. The number of carbonyl (C=O) groups excluding carboxylic acids is 2. The third kappa shape index (κ3) is 2.33. The van der Waals surface area contributed by atoms with Crippen LogP contribution in [-0.4, -0.2) is 38.9 Å². The molecule has 1 aromatic heterocycles. The Kier molecular flexibility index (Phi) is 3.93. The molecule has 1 aliphatic rings. The zero-order valence-electron chi connectivity index (χ0n) is 12.3. The fourth-order valence-electron chi connectivity index (χ4n) is 2.66. The second-order valence-corrected chi connectivity index (χ2v) is 6.18. The summed E-state index contributed by atoms with van der Waals surface area (Å²) in [5.41, 5.74) is 0.537. The van der Waals surface area contributed by atoms with E-state index in [1.807, 2.05) is 0 Å². The van der Waals surface area contributed by atoms with E-state index < -0.39 is 16.1 Å². The Morgan fingerprint density at radius 3 is 2.00 bits per heavy atom. The molecule has 24 heavy (non-hydrogen) atoms. The van der Waals surface area contributed by atoms with Crippen molar-refractivity contribution < 1.29 is 52.1 Å². The molecule has 0 fully saturated rings. The topological polar surface area (TPSA) is 122 Å². The maximum Gasteiger partial charge on any atom is 1.00 e. The van der Waals surface area contributed by atoms with Crippen LogP contribution in [0, 0.1) is 0 Å². The minimum atomic E-state index is -4.91. The van der Waals surface area contributed by atoms with E-state index in [1.54, 1.807) is 18.2 Å². The van der Waals surface area contributed by atoms with Crippen molar-refractivity contribution >= 4 is 32.9 Å². The van der Waals surface area contributed by atoms with Crippen LogP contribution in [0.4, 0.5) is 0 Å². The molecule has 4 rings (SSSR count). The molecule has 8 nitrogen and oxygen atoms in total. The van der Waals surface area contributed by atoms with Crippen molar-refractivity contribution in [1.29, 1.82) is 0 Å². The maximum atomic E-state index is 12.6. The third-order valence-electron chi connectivity index (χ3n) is 3.67. The van der Waals surface area contributed by atoms with Gasteiger partial charge in [0.1, 0.15) is 11.0 Å². The molecule has 0 saturated heterocycles. The molecule has 114 valence electrons. The van der Waals surface area contributed by atoms with Gasteiger partial charge in [0.15, 0.2) is 11.6 Å². The fraction of sp³-hybridized carbons (Fsp3) is 0. The second kappa shape index (κ2) is 5.57. The SMILES string of the molecule is O=C1c2ccccc2C(=O)c2cc3c(cc21)nnn3S(=O)(=O)[O-].[Na+]. The number of ketones is 2. The Hall–Kier alpha value is -1.91. The van der Waals surface area contributed by atoms with Crippen LogP contribution in [0.3, 0.4) is 0 Å². The molecule has 1 heterocycles. The maximum absolute atomic E-state index is 12.6. The van der Waals surface area contributed by atoms with Gasteiger partial charge < -0.3 is 4.55 Å². The molecule has 0 saturated carbocycles. The smallest absolute Gasteiger partial charge is 0.729 e. The van der Waals surface area contributed by atoms with Gasteiger partial charge >= 0.3 is 29.6 Å². The molecule has 0 spiro atoms. The van der Waals surface area contributed by atoms with Crippen molar-refractivity contribution in [3.63, 3.8) is 0 Å². The minimum Gasteiger partial charge on any atom is -0.729 e. The van der Waals surface area contributed by atoms with Gasteiger partial charge in [-0.3, -0.25) is 9.59 Å². The molecule has 0 amide bonds. The van der Waals surface area contributed by atoms with Crippen molar-refractivity contribution in [3.8, 4) is 0 Å². The predicted octanol–water partition coefficient (Wildman–Crippen LogP) is -2.48. The molecular weight excluding hydrogens is 345 g/mol. The van der Waals surface area contributed by atoms with Crippen LogP contribution in [0.2, 0.25) is 0 Å². The van der Waals surface area contributed by atoms with Crippen LogP contribution >= 0.6 is 0 Å². The van der Waals surface area contributed by atoms with Crippen LogP contribution in [0.1, 0.15) is 31.8 Å². The molecule has 3 aromatic rings. The Bertz CT molecular complexity index is 1140. The summed E-state index contributed by atoms with van der Waals surface area (Å²) in [5.74, 6) is -0.787. The van der Waals surface area contributed by atoms with Crippen LogP contribution in [-0.2, 0) is 10.3 Å². The summed E-state index contributed by atoms with van der Waals surface area (Å²) >= 11 is 0. The summed E-state index contributed by atoms with van der Waals surface area (Å²) in [6.45, 7) is 0. The van der Waals surface area contributed by atoms with Crippen LogP contribution in [0.15, 0.2) is 36.4 Å². The molecule has 2 aromatic carbocycles. The molecular formula is C14H6N3NaO5S. The average molecular weight is 351 g/mol. The molecule has 0 atom stereocenters. The average Bonchev–Trinajstić information content (AvgIpc) is 2.94. The Labute approximate surface area is 157 Å². The predicted molar refractivity (Wildman–Crippen MR) is 75.9 cm³/mol. The summed E-state index contributed by atoms with van der Waals surface area (Å²) in [4.78, 5) is 25.1. The zero-order valence-corrected chi connectivity index (χ0v) is 15.1. The van der Waals surface area contributed by atoms with Gasteiger partial charge in [-0.25, -0.2) is 8.42 Å². The van der Waals surface area contributed by atoms with Gasteiger partial charge in [-0.2, -0.15) is 0 Å². The monoisotopic (exact) mass is 351 g/mol. The number of hydrogen-bond donors (Lipinski definition) is 0. The third-order valence-corrected chi connectivity index (χ3v) is 4.37. The number of nitrogens with zero attached hydrogens (tertiary/aromatic N) is 3. The van der Waals surface area contributed by atoms with Gasteiger partial charge in [-0.05, 0) is 12.1 Å². The summed E-state index contributed by atoms with van der Waals surface area (Å²) in [7, 11) is -4.91. The molecule has 0 N–H and O–H groups in total. The molecule has 10 heteroatoms. The van der Waals surface area contributed by atoms with Crippen LogP contribution < -0.4 is 29.6 Å². The largest absolute Gasteiger partial charge is 1.00 e. The molecule has 0 unspecified atom stereocenters. The number of rotatable bonds is 1. The summed E-state index contributed by atoms with van der Waals surface area (Å²) in [5, 5.41) is 6.86. The van der Waals surface area contributed by atoms with E-state index in [4.69, 9.17) is 0 Å². The van der Waals surface area contributed by atoms with Gasteiger partial charge in [0.2, 0.25) is 10.3 Å². The van der Waals surface area contributed by atoms with E-state index in [2.05, 4.69) is 10.3 Å². The van der Waals surface area contributed by atoms with E-state index >= 15 is 0 Å². The summed E-state index contributed by atoms with van der Waals surface area (Å²) < 4.78 is 33.7. The molecule has 0 radical (unpaired) electrons. The number of hydrogen-bond acceptors (Lipinski definition) is 7. The van der Waals surface area contributed by atoms with Crippen LogP contribution in [0.25, 0.3) is 11.0 Å². The van der Waals surface area contributed by atoms with Gasteiger partial charge in [-0.1, -0.05) is 29.5 Å². The molecule has 0 aliphatic heterocycles. The second-order valence-electron chi connectivity index (χ2n) is 4.98. The first-order valence-electron chi connectivity index (χ1n) is 6.42. The molecule has 1 aliphatic carbocycles. The van der Waals surface area contributed by atoms with E-state index in [0.29, 0.717) is 0 Å².